The largest absolute Gasteiger partial charge is 0.396 e. The van der Waals surface area contributed by atoms with Crippen LogP contribution in [0.2, 0.25) is 0 Å². The van der Waals surface area contributed by atoms with Gasteiger partial charge in [-0.1, -0.05) is 35.4 Å². The van der Waals surface area contributed by atoms with Crippen LogP contribution in [0.4, 0.5) is 0 Å². The Morgan fingerprint density at radius 2 is 2.19 bits per heavy atom. The lowest BCUT2D eigenvalue weighted by atomic mass is 10.3. The minimum Gasteiger partial charge on any atom is -0.396 e. The van der Waals surface area contributed by atoms with Crippen molar-refractivity contribution in [2.24, 2.45) is 0 Å². The summed E-state index contributed by atoms with van der Waals surface area (Å²) in [7, 11) is 5.18. The van der Waals surface area contributed by atoms with Crippen LogP contribution in [-0.4, -0.2) is 35.3 Å². The molecule has 0 fully saturated rings. The minimum absolute atomic E-state index is 0.118. The molecule has 0 saturated heterocycles. The molecule has 16 heavy (non-hydrogen) atoms. The van der Waals surface area contributed by atoms with Crippen LogP contribution in [-0.2, 0) is 4.79 Å². The van der Waals surface area contributed by atoms with E-state index in [1.807, 2.05) is 6.92 Å². The van der Waals surface area contributed by atoms with E-state index in [1.165, 1.54) is 0 Å². The van der Waals surface area contributed by atoms with Gasteiger partial charge in [0.15, 0.2) is 0 Å². The molecule has 0 heterocycles. The summed E-state index contributed by atoms with van der Waals surface area (Å²) >= 11 is 0. The van der Waals surface area contributed by atoms with Crippen LogP contribution in [0.5, 0.6) is 0 Å². The second-order valence-electron chi connectivity index (χ2n) is 3.60. The summed E-state index contributed by atoms with van der Waals surface area (Å²) in [4.78, 5) is 13.3. The van der Waals surface area contributed by atoms with Crippen molar-refractivity contribution in [3.8, 4) is 0 Å². The van der Waals surface area contributed by atoms with Crippen LogP contribution >= 0.6 is 21.6 Å². The summed E-state index contributed by atoms with van der Waals surface area (Å²) < 4.78 is 0. The van der Waals surface area contributed by atoms with Crippen molar-refractivity contribution in [1.82, 2.24) is 4.90 Å². The summed E-state index contributed by atoms with van der Waals surface area (Å²) in [6, 6.07) is 0. The highest BCUT2D eigenvalue weighted by atomic mass is 33.1. The van der Waals surface area contributed by atoms with Gasteiger partial charge in [-0.2, -0.15) is 0 Å². The number of rotatable bonds is 8. The monoisotopic (exact) mass is 263 g/mol. The maximum absolute atomic E-state index is 10.7. The second-order valence-corrected chi connectivity index (χ2v) is 6.33. The third kappa shape index (κ3) is 5.82. The average molecular weight is 263 g/mol. The van der Waals surface area contributed by atoms with Crippen LogP contribution in [0.25, 0.3) is 0 Å². The first kappa shape index (κ1) is 15.9. The molecule has 1 unspecified atom stereocenters. The van der Waals surface area contributed by atoms with Gasteiger partial charge < -0.3 is 10.0 Å². The molecule has 1 atom stereocenters. The number of carbonyl (C=O) groups excluding carboxylic acids is 1. The molecule has 0 saturated carbocycles. The maximum Gasteiger partial charge on any atom is 0.213 e. The van der Waals surface area contributed by atoms with Gasteiger partial charge in [0.25, 0.3) is 0 Å². The molecule has 0 aromatic carbocycles. The van der Waals surface area contributed by atoms with Gasteiger partial charge in [-0.15, -0.1) is 0 Å². The number of aliphatic hydroxyl groups excluding tert-OH is 1. The molecule has 1 N–H and O–H groups in total. The van der Waals surface area contributed by atoms with Gasteiger partial charge in [-0.25, -0.2) is 0 Å². The highest BCUT2D eigenvalue weighted by Crippen LogP contribution is 2.38. The molecule has 94 valence electrons. The summed E-state index contributed by atoms with van der Waals surface area (Å²) in [6.45, 7) is 6.35. The number of allylic oxidation sites excluding steroid dienone is 1. The molecule has 0 aliphatic rings. The average Bonchev–Trinajstić information content (AvgIpc) is 2.31. The zero-order valence-electron chi connectivity index (χ0n) is 10.4. The molecule has 3 nitrogen and oxygen atoms in total. The van der Waals surface area contributed by atoms with E-state index >= 15 is 0 Å². The number of amides is 1. The summed E-state index contributed by atoms with van der Waals surface area (Å²) in [5.41, 5.74) is 0.921. The van der Waals surface area contributed by atoms with Gasteiger partial charge in [-0.3, -0.25) is 4.79 Å². The number of aliphatic hydroxyl groups is 1. The van der Waals surface area contributed by atoms with Crippen LogP contribution in [0.15, 0.2) is 10.6 Å². The van der Waals surface area contributed by atoms with Gasteiger partial charge in [0.1, 0.15) is 0 Å². The summed E-state index contributed by atoms with van der Waals surface area (Å²) in [6.07, 6.45) is 2.52. The molecule has 0 aliphatic heterocycles. The Labute approximate surface area is 106 Å². The molecule has 0 radical (unpaired) electrons. The fourth-order valence-electron chi connectivity index (χ4n) is 0.868. The van der Waals surface area contributed by atoms with Gasteiger partial charge in [0.2, 0.25) is 6.41 Å². The smallest absolute Gasteiger partial charge is 0.213 e. The molecule has 0 bridgehead atoms. The zero-order chi connectivity index (χ0) is 12.6. The molecular weight excluding hydrogens is 242 g/mol. The van der Waals surface area contributed by atoms with E-state index in [9.17, 15) is 4.79 Å². The van der Waals surface area contributed by atoms with Crippen LogP contribution in [0.3, 0.4) is 0 Å². The Morgan fingerprint density at radius 1 is 1.56 bits per heavy atom. The van der Waals surface area contributed by atoms with Crippen molar-refractivity contribution in [2.75, 3.05) is 13.7 Å². The molecule has 1 amide bonds. The van der Waals surface area contributed by atoms with Gasteiger partial charge in [0.05, 0.1) is 0 Å². The molecule has 0 aromatic rings. The lowest BCUT2D eigenvalue weighted by molar-refractivity contribution is -0.115. The maximum atomic E-state index is 10.7. The number of hydrogen-bond donors (Lipinski definition) is 1. The third-order valence-corrected chi connectivity index (χ3v) is 5.65. The van der Waals surface area contributed by atoms with Crippen molar-refractivity contribution in [3.05, 3.63) is 10.6 Å². The van der Waals surface area contributed by atoms with Gasteiger partial charge in [0, 0.05) is 35.9 Å². The van der Waals surface area contributed by atoms with E-state index in [0.717, 1.165) is 23.4 Å². The molecule has 5 heteroatoms. The summed E-state index contributed by atoms with van der Waals surface area (Å²) in [5, 5.41) is 9.58. The Hall–Kier alpha value is -0.130. The molecule has 0 aromatic heterocycles. The SMILES string of the molecule is CCC(C)SSC(CCO)=C(C)N(C)C=O. The molecule has 0 rings (SSSR count). The van der Waals surface area contributed by atoms with Crippen LogP contribution in [0.1, 0.15) is 33.6 Å². The highest BCUT2D eigenvalue weighted by Gasteiger charge is 2.09. The Bertz CT molecular complexity index is 244. The highest BCUT2D eigenvalue weighted by molar-refractivity contribution is 8.78. The van der Waals surface area contributed by atoms with Crippen molar-refractivity contribution >= 4 is 28.0 Å². The Balaban J connectivity index is 4.52. The lowest BCUT2D eigenvalue weighted by Gasteiger charge is -2.17. The predicted molar refractivity (Wildman–Crippen MR) is 73.2 cm³/mol. The fourth-order valence-corrected chi connectivity index (χ4v) is 3.59. The van der Waals surface area contributed by atoms with Crippen LogP contribution < -0.4 is 0 Å². The fraction of sp³-hybridized carbons (Fsp3) is 0.727. The van der Waals surface area contributed by atoms with Crippen molar-refractivity contribution in [1.29, 1.82) is 0 Å². The number of hydrogen-bond acceptors (Lipinski definition) is 4. The molecule has 0 aliphatic carbocycles. The van der Waals surface area contributed by atoms with E-state index in [0.29, 0.717) is 11.7 Å². The van der Waals surface area contributed by atoms with Crippen molar-refractivity contribution < 1.29 is 9.90 Å². The second kappa shape index (κ2) is 8.96. The minimum atomic E-state index is 0.118. The number of nitrogens with zero attached hydrogens (tertiary/aromatic N) is 1. The van der Waals surface area contributed by atoms with E-state index in [2.05, 4.69) is 13.8 Å². The molecule has 0 spiro atoms. The number of carbonyl (C=O) groups is 1. The first-order valence-corrected chi connectivity index (χ1v) is 7.60. The molecular formula is C11H21NO2S2. The van der Waals surface area contributed by atoms with Crippen molar-refractivity contribution in [2.45, 2.75) is 38.9 Å². The van der Waals surface area contributed by atoms with E-state index in [4.69, 9.17) is 5.11 Å². The van der Waals surface area contributed by atoms with E-state index in [-0.39, 0.29) is 6.61 Å². The predicted octanol–water partition coefficient (Wildman–Crippen LogP) is 2.87. The standard InChI is InChI=1S/C11H21NO2S2/c1-5-9(2)15-16-11(6-7-13)10(3)12(4)8-14/h8-9,13H,5-7H2,1-4H3. The zero-order valence-corrected chi connectivity index (χ0v) is 12.0. The first-order valence-electron chi connectivity index (χ1n) is 5.38. The van der Waals surface area contributed by atoms with E-state index in [1.54, 1.807) is 33.5 Å². The van der Waals surface area contributed by atoms with Gasteiger partial charge in [-0.05, 0) is 13.3 Å². The quantitative estimate of drug-likeness (QED) is 0.540. The van der Waals surface area contributed by atoms with Crippen LogP contribution in [0, 0.1) is 0 Å². The van der Waals surface area contributed by atoms with Crippen molar-refractivity contribution in [3.63, 3.8) is 0 Å². The summed E-state index contributed by atoms with van der Waals surface area (Å²) in [5.74, 6) is 0. The first-order chi connectivity index (χ1) is 7.56. The van der Waals surface area contributed by atoms with Gasteiger partial charge >= 0.3 is 0 Å². The van der Waals surface area contributed by atoms with E-state index < -0.39 is 0 Å². The normalized spacial score (nSPS) is 14.3. The third-order valence-electron chi connectivity index (χ3n) is 2.32. The Kier molecular flexibility index (Phi) is 8.89. The lowest BCUT2D eigenvalue weighted by Crippen LogP contribution is -2.14. The topological polar surface area (TPSA) is 40.5 Å². The Morgan fingerprint density at radius 3 is 2.62 bits per heavy atom.